The summed E-state index contributed by atoms with van der Waals surface area (Å²) in [4.78, 5) is 12.5. The predicted molar refractivity (Wildman–Crippen MR) is 79.3 cm³/mol. The Kier molecular flexibility index (Phi) is 4.31. The monoisotopic (exact) mass is 279 g/mol. The standard InChI is InChI=1S/C13H17N3O2S/c1-10-5-2-3-8-15(10)13(19)14-11-6-4-7-12(9-11)16(17)18/h4,6-7,9-10H,2-3,5,8H2,1H3,(H,14,19). The molecule has 2 rings (SSSR count). The number of hydrogen-bond acceptors (Lipinski definition) is 3. The Bertz CT molecular complexity index is 493. The van der Waals surface area contributed by atoms with Crippen LogP contribution in [0.4, 0.5) is 11.4 Å². The summed E-state index contributed by atoms with van der Waals surface area (Å²) in [5.41, 5.74) is 0.733. The highest BCUT2D eigenvalue weighted by atomic mass is 32.1. The number of thiocarbonyl (C=S) groups is 1. The molecule has 102 valence electrons. The van der Waals surface area contributed by atoms with Gasteiger partial charge in [0.05, 0.1) is 4.92 Å². The topological polar surface area (TPSA) is 58.4 Å². The number of likely N-dealkylation sites (tertiary alicyclic amines) is 1. The van der Waals surface area contributed by atoms with Gasteiger partial charge in [-0.25, -0.2) is 0 Å². The molecule has 0 radical (unpaired) electrons. The quantitative estimate of drug-likeness (QED) is 0.512. The largest absolute Gasteiger partial charge is 0.346 e. The molecule has 1 aliphatic heterocycles. The molecule has 1 N–H and O–H groups in total. The summed E-state index contributed by atoms with van der Waals surface area (Å²) in [6, 6.07) is 6.84. The van der Waals surface area contributed by atoms with E-state index in [9.17, 15) is 10.1 Å². The first-order valence-corrected chi connectivity index (χ1v) is 6.81. The first-order chi connectivity index (χ1) is 9.08. The minimum atomic E-state index is -0.405. The van der Waals surface area contributed by atoms with E-state index in [-0.39, 0.29) is 5.69 Å². The minimum absolute atomic E-state index is 0.0690. The van der Waals surface area contributed by atoms with E-state index >= 15 is 0 Å². The number of nitrogens with zero attached hydrogens (tertiary/aromatic N) is 2. The molecule has 0 saturated carbocycles. The number of nitro benzene ring substituents is 1. The number of non-ortho nitro benzene ring substituents is 1. The van der Waals surface area contributed by atoms with Crippen molar-refractivity contribution in [3.63, 3.8) is 0 Å². The Labute approximate surface area is 117 Å². The van der Waals surface area contributed by atoms with Crippen LogP contribution in [0.25, 0.3) is 0 Å². The third-order valence-corrected chi connectivity index (χ3v) is 3.71. The smallest absolute Gasteiger partial charge is 0.271 e. The molecule has 1 aromatic carbocycles. The molecule has 1 unspecified atom stereocenters. The predicted octanol–water partition coefficient (Wildman–Crippen LogP) is 3.17. The molecule has 6 heteroatoms. The third kappa shape index (κ3) is 3.41. The van der Waals surface area contributed by atoms with Crippen molar-refractivity contribution in [2.24, 2.45) is 0 Å². The summed E-state index contributed by atoms with van der Waals surface area (Å²) in [5.74, 6) is 0. The van der Waals surface area contributed by atoms with Gasteiger partial charge in [0, 0.05) is 30.4 Å². The van der Waals surface area contributed by atoms with Gasteiger partial charge in [0.1, 0.15) is 0 Å². The van der Waals surface area contributed by atoms with Crippen LogP contribution in [-0.4, -0.2) is 27.5 Å². The maximum Gasteiger partial charge on any atom is 0.271 e. The van der Waals surface area contributed by atoms with Gasteiger partial charge in [-0.05, 0) is 44.5 Å². The maximum absolute atomic E-state index is 10.7. The second-order valence-electron chi connectivity index (χ2n) is 4.78. The van der Waals surface area contributed by atoms with Gasteiger partial charge in [0.15, 0.2) is 5.11 Å². The summed E-state index contributed by atoms with van der Waals surface area (Å²) in [6.07, 6.45) is 3.51. The minimum Gasteiger partial charge on any atom is -0.346 e. The van der Waals surface area contributed by atoms with Crippen molar-refractivity contribution in [3.8, 4) is 0 Å². The Hall–Kier alpha value is -1.69. The summed E-state index contributed by atoms with van der Waals surface area (Å²) < 4.78 is 0. The summed E-state index contributed by atoms with van der Waals surface area (Å²) in [5, 5.41) is 14.5. The van der Waals surface area contributed by atoms with Crippen LogP contribution in [0.5, 0.6) is 0 Å². The van der Waals surface area contributed by atoms with Gasteiger partial charge in [0.25, 0.3) is 5.69 Å². The number of anilines is 1. The van der Waals surface area contributed by atoms with Gasteiger partial charge in [-0.2, -0.15) is 0 Å². The van der Waals surface area contributed by atoms with E-state index < -0.39 is 4.92 Å². The molecule has 0 amide bonds. The fourth-order valence-corrected chi connectivity index (χ4v) is 2.68. The second kappa shape index (κ2) is 5.97. The van der Waals surface area contributed by atoms with Crippen molar-refractivity contribution in [2.75, 3.05) is 11.9 Å². The van der Waals surface area contributed by atoms with Crippen molar-refractivity contribution in [1.82, 2.24) is 4.90 Å². The average molecular weight is 279 g/mol. The molecule has 0 spiro atoms. The number of benzene rings is 1. The molecule has 19 heavy (non-hydrogen) atoms. The van der Waals surface area contributed by atoms with Crippen molar-refractivity contribution < 1.29 is 4.92 Å². The number of nitro groups is 1. The van der Waals surface area contributed by atoms with Gasteiger partial charge in [-0.3, -0.25) is 10.1 Å². The zero-order valence-electron chi connectivity index (χ0n) is 10.8. The van der Waals surface area contributed by atoms with Crippen molar-refractivity contribution >= 4 is 28.7 Å². The van der Waals surface area contributed by atoms with Crippen molar-refractivity contribution in [2.45, 2.75) is 32.2 Å². The van der Waals surface area contributed by atoms with E-state index in [0.717, 1.165) is 19.4 Å². The summed E-state index contributed by atoms with van der Waals surface area (Å²) >= 11 is 5.39. The van der Waals surface area contributed by atoms with Crippen LogP contribution in [0.15, 0.2) is 24.3 Å². The van der Waals surface area contributed by atoms with Crippen LogP contribution in [0, 0.1) is 10.1 Å². The highest BCUT2D eigenvalue weighted by Gasteiger charge is 2.20. The van der Waals surface area contributed by atoms with Crippen LogP contribution >= 0.6 is 12.2 Å². The van der Waals surface area contributed by atoms with E-state index in [1.54, 1.807) is 12.1 Å². The summed E-state index contributed by atoms with van der Waals surface area (Å²) in [6.45, 7) is 3.10. The van der Waals surface area contributed by atoms with Gasteiger partial charge in [-0.1, -0.05) is 6.07 Å². The van der Waals surface area contributed by atoms with Gasteiger partial charge in [0.2, 0.25) is 0 Å². The second-order valence-corrected chi connectivity index (χ2v) is 5.16. The first kappa shape index (κ1) is 13.7. The zero-order valence-corrected chi connectivity index (χ0v) is 11.7. The third-order valence-electron chi connectivity index (χ3n) is 3.37. The molecule has 1 atom stereocenters. The van der Waals surface area contributed by atoms with Crippen LogP contribution in [-0.2, 0) is 0 Å². The van der Waals surface area contributed by atoms with Crippen LogP contribution in [0.3, 0.4) is 0 Å². The Morgan fingerprint density at radius 1 is 1.53 bits per heavy atom. The molecule has 1 aromatic rings. The van der Waals surface area contributed by atoms with Crippen molar-refractivity contribution in [3.05, 3.63) is 34.4 Å². The lowest BCUT2D eigenvalue weighted by Gasteiger charge is -2.35. The normalized spacial score (nSPS) is 19.0. The average Bonchev–Trinajstić information content (AvgIpc) is 2.39. The van der Waals surface area contributed by atoms with E-state index in [1.165, 1.54) is 18.6 Å². The molecule has 5 nitrogen and oxygen atoms in total. The maximum atomic E-state index is 10.7. The van der Waals surface area contributed by atoms with Crippen LogP contribution in [0.2, 0.25) is 0 Å². The highest BCUT2D eigenvalue weighted by Crippen LogP contribution is 2.20. The molecule has 0 aromatic heterocycles. The van der Waals surface area contributed by atoms with E-state index in [4.69, 9.17) is 12.2 Å². The fraction of sp³-hybridized carbons (Fsp3) is 0.462. The van der Waals surface area contributed by atoms with Gasteiger partial charge >= 0.3 is 0 Å². The first-order valence-electron chi connectivity index (χ1n) is 6.40. The molecule has 0 bridgehead atoms. The van der Waals surface area contributed by atoms with E-state index in [2.05, 4.69) is 17.1 Å². The van der Waals surface area contributed by atoms with Gasteiger partial charge in [-0.15, -0.1) is 0 Å². The van der Waals surface area contributed by atoms with Crippen molar-refractivity contribution in [1.29, 1.82) is 0 Å². The Morgan fingerprint density at radius 2 is 2.32 bits per heavy atom. The molecule has 0 aliphatic carbocycles. The number of nitrogens with one attached hydrogen (secondary N) is 1. The lowest BCUT2D eigenvalue weighted by molar-refractivity contribution is -0.384. The zero-order chi connectivity index (χ0) is 13.8. The lowest BCUT2D eigenvalue weighted by atomic mass is 10.0. The Balaban J connectivity index is 2.06. The fourth-order valence-electron chi connectivity index (χ4n) is 2.29. The van der Waals surface area contributed by atoms with Crippen LogP contribution in [0.1, 0.15) is 26.2 Å². The number of piperidine rings is 1. The molecule has 1 heterocycles. The Morgan fingerprint density at radius 3 is 3.00 bits per heavy atom. The molecule has 1 saturated heterocycles. The SMILES string of the molecule is CC1CCCCN1C(=S)Nc1cccc([N+](=O)[O-])c1. The van der Waals surface area contributed by atoms with E-state index in [0.29, 0.717) is 16.8 Å². The summed E-state index contributed by atoms with van der Waals surface area (Å²) in [7, 11) is 0. The number of rotatable bonds is 2. The number of hydrogen-bond donors (Lipinski definition) is 1. The van der Waals surface area contributed by atoms with Crippen LogP contribution < -0.4 is 5.32 Å². The van der Waals surface area contributed by atoms with Gasteiger partial charge < -0.3 is 10.2 Å². The molecule has 1 fully saturated rings. The highest BCUT2D eigenvalue weighted by molar-refractivity contribution is 7.80. The molecule has 1 aliphatic rings. The lowest BCUT2D eigenvalue weighted by Crippen LogP contribution is -2.44. The van der Waals surface area contributed by atoms with E-state index in [1.807, 2.05) is 0 Å². The molecular formula is C13H17N3O2S. The molecular weight excluding hydrogens is 262 g/mol.